The zero-order valence-electron chi connectivity index (χ0n) is 52.2. The van der Waals surface area contributed by atoms with Gasteiger partial charge in [0.05, 0.1) is 0 Å². The van der Waals surface area contributed by atoms with Crippen LogP contribution < -0.4 is 0 Å². The molecule has 78 heavy (non-hydrogen) atoms. The van der Waals surface area contributed by atoms with Crippen molar-refractivity contribution < 1.29 is 28.6 Å². The Kier molecular flexibility index (Phi) is 64.2. The molecule has 0 aliphatic carbocycles. The number of hydrogen-bond acceptors (Lipinski definition) is 6. The summed E-state index contributed by atoms with van der Waals surface area (Å²) in [5.74, 6) is -0.980. The second-order valence-electron chi connectivity index (χ2n) is 23.1. The number of rotatable bonds is 63. The van der Waals surface area contributed by atoms with Crippen LogP contribution in [0, 0.1) is 0 Å². The molecule has 1 unspecified atom stereocenters. The molecule has 0 radical (unpaired) electrons. The van der Waals surface area contributed by atoms with E-state index in [0.29, 0.717) is 19.3 Å². The van der Waals surface area contributed by atoms with E-state index in [1.54, 1.807) is 0 Å². The van der Waals surface area contributed by atoms with Crippen LogP contribution in [0.1, 0.15) is 361 Å². The Bertz CT molecular complexity index is 1390. The van der Waals surface area contributed by atoms with Crippen molar-refractivity contribution in [3.63, 3.8) is 0 Å². The highest BCUT2D eigenvalue weighted by molar-refractivity contribution is 5.71. The maximum atomic E-state index is 12.8. The molecular weight excluding hydrogens is 961 g/mol. The molecule has 0 saturated carbocycles. The van der Waals surface area contributed by atoms with E-state index in [-0.39, 0.29) is 37.5 Å². The van der Waals surface area contributed by atoms with Gasteiger partial charge in [-0.05, 0) is 70.6 Å². The van der Waals surface area contributed by atoms with Gasteiger partial charge in [0.2, 0.25) is 0 Å². The fourth-order valence-electron chi connectivity index (χ4n) is 10.2. The summed E-state index contributed by atoms with van der Waals surface area (Å²) in [6, 6.07) is 0. The smallest absolute Gasteiger partial charge is 0.306 e. The number of carbonyl (C=O) groups excluding carboxylic acids is 3. The molecule has 0 aliphatic rings. The van der Waals surface area contributed by atoms with Crippen molar-refractivity contribution in [2.45, 2.75) is 367 Å². The highest BCUT2D eigenvalue weighted by Gasteiger charge is 2.19. The van der Waals surface area contributed by atoms with E-state index in [4.69, 9.17) is 14.2 Å². The maximum absolute atomic E-state index is 12.8. The number of hydrogen-bond donors (Lipinski definition) is 0. The number of carbonyl (C=O) groups is 3. The molecule has 0 heterocycles. The molecule has 0 N–H and O–H groups in total. The zero-order chi connectivity index (χ0) is 56.4. The topological polar surface area (TPSA) is 78.9 Å². The van der Waals surface area contributed by atoms with Crippen LogP contribution in [-0.2, 0) is 28.6 Å². The lowest BCUT2D eigenvalue weighted by molar-refractivity contribution is -0.166. The van der Waals surface area contributed by atoms with Crippen molar-refractivity contribution in [3.8, 4) is 0 Å². The lowest BCUT2D eigenvalue weighted by Crippen LogP contribution is -2.30. The van der Waals surface area contributed by atoms with Crippen LogP contribution in [-0.4, -0.2) is 37.2 Å². The third-order valence-corrected chi connectivity index (χ3v) is 15.3. The van der Waals surface area contributed by atoms with Gasteiger partial charge in [0, 0.05) is 19.3 Å². The van der Waals surface area contributed by atoms with Gasteiger partial charge in [-0.15, -0.1) is 0 Å². The van der Waals surface area contributed by atoms with Gasteiger partial charge < -0.3 is 14.2 Å². The highest BCUT2D eigenvalue weighted by atomic mass is 16.6. The molecule has 0 spiro atoms. The summed E-state index contributed by atoms with van der Waals surface area (Å²) in [5.41, 5.74) is 0. The second-order valence-corrected chi connectivity index (χ2v) is 23.1. The molecule has 0 aromatic heterocycles. The number of ether oxygens (including phenoxy) is 3. The van der Waals surface area contributed by atoms with Gasteiger partial charge in [0.1, 0.15) is 13.2 Å². The second kappa shape index (κ2) is 66.6. The van der Waals surface area contributed by atoms with Gasteiger partial charge >= 0.3 is 17.9 Å². The quantitative estimate of drug-likeness (QED) is 0.0261. The van der Waals surface area contributed by atoms with Gasteiger partial charge in [0.25, 0.3) is 0 Å². The fraction of sp³-hybridized carbons (Fsp3) is 0.819. The largest absolute Gasteiger partial charge is 0.462 e. The highest BCUT2D eigenvalue weighted by Crippen LogP contribution is 2.18. The molecule has 0 fully saturated rings. The van der Waals surface area contributed by atoms with Crippen LogP contribution in [0.25, 0.3) is 0 Å². The molecule has 0 aliphatic heterocycles. The van der Waals surface area contributed by atoms with E-state index in [9.17, 15) is 14.4 Å². The van der Waals surface area contributed by atoms with Gasteiger partial charge in [-0.3, -0.25) is 14.4 Å². The summed E-state index contributed by atoms with van der Waals surface area (Å²) in [6.07, 6.45) is 85.9. The predicted molar refractivity (Wildman–Crippen MR) is 339 cm³/mol. The minimum absolute atomic E-state index is 0.103. The van der Waals surface area contributed by atoms with Gasteiger partial charge in [0.15, 0.2) is 6.10 Å². The normalized spacial score (nSPS) is 12.4. The summed E-state index contributed by atoms with van der Waals surface area (Å²) in [6.45, 7) is 6.47. The molecule has 6 nitrogen and oxygen atoms in total. The van der Waals surface area contributed by atoms with Crippen molar-refractivity contribution in [3.05, 3.63) is 60.8 Å². The molecule has 0 rings (SSSR count). The Labute approximate surface area is 485 Å². The number of esters is 3. The molecule has 454 valence electrons. The van der Waals surface area contributed by atoms with E-state index < -0.39 is 6.10 Å². The Morgan fingerprint density at radius 2 is 0.526 bits per heavy atom. The van der Waals surface area contributed by atoms with E-state index in [2.05, 4.69) is 75.5 Å². The first kappa shape index (κ1) is 75.1. The van der Waals surface area contributed by atoms with Crippen LogP contribution in [0.15, 0.2) is 60.8 Å². The molecule has 0 saturated heterocycles. The van der Waals surface area contributed by atoms with Crippen molar-refractivity contribution in [2.75, 3.05) is 13.2 Å². The summed E-state index contributed by atoms with van der Waals surface area (Å²) < 4.78 is 16.8. The lowest BCUT2D eigenvalue weighted by Gasteiger charge is -2.18. The van der Waals surface area contributed by atoms with Gasteiger partial charge in [-0.1, -0.05) is 332 Å². The van der Waals surface area contributed by atoms with E-state index >= 15 is 0 Å². The molecular formula is C72H130O6. The van der Waals surface area contributed by atoms with Crippen molar-refractivity contribution in [1.29, 1.82) is 0 Å². The monoisotopic (exact) mass is 1090 g/mol. The predicted octanol–water partition coefficient (Wildman–Crippen LogP) is 23.5. The summed E-state index contributed by atoms with van der Waals surface area (Å²) in [7, 11) is 0. The first-order chi connectivity index (χ1) is 38.5. The van der Waals surface area contributed by atoms with Crippen molar-refractivity contribution >= 4 is 17.9 Å². The summed E-state index contributed by atoms with van der Waals surface area (Å²) in [5, 5.41) is 0. The van der Waals surface area contributed by atoms with E-state index in [1.807, 2.05) is 6.08 Å². The fourth-order valence-corrected chi connectivity index (χ4v) is 10.2. The van der Waals surface area contributed by atoms with Crippen molar-refractivity contribution in [1.82, 2.24) is 0 Å². The van der Waals surface area contributed by atoms with Crippen LogP contribution in [0.4, 0.5) is 0 Å². The average molecular weight is 1090 g/mol. The van der Waals surface area contributed by atoms with E-state index in [0.717, 1.165) is 70.6 Å². The average Bonchev–Trinajstić information content (AvgIpc) is 3.44. The van der Waals surface area contributed by atoms with Crippen LogP contribution in [0.2, 0.25) is 0 Å². The van der Waals surface area contributed by atoms with E-state index in [1.165, 1.54) is 244 Å². The maximum Gasteiger partial charge on any atom is 0.306 e. The van der Waals surface area contributed by atoms with Crippen LogP contribution in [0.5, 0.6) is 0 Å². The Morgan fingerprint density at radius 1 is 0.269 bits per heavy atom. The third kappa shape index (κ3) is 63.9. The van der Waals surface area contributed by atoms with Crippen LogP contribution in [0.3, 0.4) is 0 Å². The first-order valence-corrected chi connectivity index (χ1v) is 34.3. The molecule has 1 atom stereocenters. The van der Waals surface area contributed by atoms with Gasteiger partial charge in [-0.25, -0.2) is 0 Å². The molecule has 0 bridgehead atoms. The zero-order valence-corrected chi connectivity index (χ0v) is 52.2. The minimum Gasteiger partial charge on any atom is -0.462 e. The molecule has 6 heteroatoms. The minimum atomic E-state index is -0.814. The lowest BCUT2D eigenvalue weighted by atomic mass is 10.0. The third-order valence-electron chi connectivity index (χ3n) is 15.3. The Hall–Kier alpha value is -2.89. The summed E-state index contributed by atoms with van der Waals surface area (Å²) >= 11 is 0. The Morgan fingerprint density at radius 3 is 0.859 bits per heavy atom. The van der Waals surface area contributed by atoms with Crippen molar-refractivity contribution in [2.24, 2.45) is 0 Å². The number of allylic oxidation sites excluding steroid dienone is 10. The molecule has 0 aromatic rings. The SMILES string of the molecule is CC/C=C\C/C=C\C/C=C\C/C=C\CCC(=O)OC(COC(=O)CCCCCCC/C=C\CCCCC)COC(=O)CCCCCCCCCCCCCCCCCCCCCCCCCCCCCCCCCCCCC. The molecule has 0 amide bonds. The number of unbranched alkanes of at least 4 members (excludes halogenated alkanes) is 42. The van der Waals surface area contributed by atoms with Crippen LogP contribution >= 0.6 is 0 Å². The first-order valence-electron chi connectivity index (χ1n) is 34.3. The molecule has 0 aromatic carbocycles. The standard InChI is InChI=1S/C72H130O6/c1-4-7-10-13-16-19-22-25-26-27-28-29-30-31-32-33-34-35-36-37-38-39-40-41-42-43-44-45-46-48-50-53-56-59-62-65-71(74)77-68-69(67-76-70(73)64-61-58-55-52-49-24-21-18-15-12-9-6-3)78-72(75)66-63-60-57-54-51-47-23-20-17-14-11-8-5-2/h8,11,17-18,20-21,47,51,57,60,69H,4-7,9-10,12-16,19,22-46,48-50,52-56,58-59,61-68H2,1-3H3/b11-8-,20-17-,21-18-,51-47-,60-57-. The Balaban J connectivity index is 4.02. The summed E-state index contributed by atoms with van der Waals surface area (Å²) in [4.78, 5) is 38.1. The van der Waals surface area contributed by atoms with Gasteiger partial charge in [-0.2, -0.15) is 0 Å².